The number of pyridine rings is 1. The molecule has 0 radical (unpaired) electrons. The second-order valence-electron chi connectivity index (χ2n) is 8.33. The Balaban J connectivity index is 1.63. The fraction of sp³-hybridized carbons (Fsp3) is 0.103. The average molecular weight is 447 g/mol. The van der Waals surface area contributed by atoms with Crippen molar-refractivity contribution in [3.05, 3.63) is 78.5 Å². The van der Waals surface area contributed by atoms with Crippen LogP contribution in [0.1, 0.15) is 17.3 Å². The van der Waals surface area contributed by atoms with Crippen LogP contribution in [0.4, 0.5) is 0 Å². The number of carbonyl (C=O) groups excluding carboxylic acids is 1. The van der Waals surface area contributed by atoms with Crippen LogP contribution in [0.15, 0.2) is 77.3 Å². The van der Waals surface area contributed by atoms with E-state index in [0.29, 0.717) is 11.1 Å². The largest absolute Gasteiger partial charge is 0.497 e. The fourth-order valence-corrected chi connectivity index (χ4v) is 4.69. The summed E-state index contributed by atoms with van der Waals surface area (Å²) in [6.07, 6.45) is 1.82. The topological polar surface area (TPSA) is 61.6 Å². The van der Waals surface area contributed by atoms with Gasteiger partial charge >= 0.3 is 0 Å². The number of carbonyl (C=O) groups is 1. The van der Waals surface area contributed by atoms with Gasteiger partial charge in [-0.05, 0) is 71.6 Å². The van der Waals surface area contributed by atoms with Crippen LogP contribution >= 0.6 is 0 Å². The Morgan fingerprint density at radius 3 is 2.38 bits per heavy atom. The molecule has 0 aliphatic heterocycles. The van der Waals surface area contributed by atoms with Crippen molar-refractivity contribution >= 4 is 49.3 Å². The molecule has 0 bridgehead atoms. The van der Waals surface area contributed by atoms with Gasteiger partial charge in [0.05, 0.1) is 19.9 Å². The van der Waals surface area contributed by atoms with E-state index in [0.717, 1.165) is 60.7 Å². The molecule has 6 aromatic rings. The third kappa shape index (κ3) is 3.01. The SMILES string of the molecule is COc1ccc(OC)c(-c2nccc3c2ccc2cc4c(cc23)oc2cc(C(C)=O)ccc24)c1. The summed E-state index contributed by atoms with van der Waals surface area (Å²) in [7, 11) is 3.30. The van der Waals surface area contributed by atoms with Crippen molar-refractivity contribution in [1.29, 1.82) is 0 Å². The van der Waals surface area contributed by atoms with Crippen molar-refractivity contribution in [2.45, 2.75) is 6.92 Å². The lowest BCUT2D eigenvalue weighted by atomic mass is 9.97. The standard InChI is InChI=1S/C29H21NO4/c1-16(31)17-4-7-21-24-12-18-5-8-22-20(23(18)15-28(24)34-27(21)13-17)10-11-30-29(22)25-14-19(32-2)6-9-26(25)33-3/h4-15H,1-3H3. The minimum absolute atomic E-state index is 0.0199. The Hall–Kier alpha value is -4.38. The highest BCUT2D eigenvalue weighted by molar-refractivity contribution is 6.18. The lowest BCUT2D eigenvalue weighted by Crippen LogP contribution is -1.93. The number of rotatable bonds is 4. The van der Waals surface area contributed by atoms with Crippen molar-refractivity contribution in [3.8, 4) is 22.8 Å². The number of methoxy groups -OCH3 is 2. The third-order valence-electron chi connectivity index (χ3n) is 6.42. The second-order valence-corrected chi connectivity index (χ2v) is 8.33. The summed E-state index contributed by atoms with van der Waals surface area (Å²) in [6, 6.07) is 21.8. The number of hydrogen-bond acceptors (Lipinski definition) is 5. The first-order valence-electron chi connectivity index (χ1n) is 11.0. The predicted molar refractivity (Wildman–Crippen MR) is 135 cm³/mol. The summed E-state index contributed by atoms with van der Waals surface area (Å²) < 4.78 is 17.2. The van der Waals surface area contributed by atoms with Crippen LogP contribution in [-0.2, 0) is 0 Å². The van der Waals surface area contributed by atoms with Crippen molar-refractivity contribution in [2.24, 2.45) is 0 Å². The van der Waals surface area contributed by atoms with Crippen LogP contribution in [0.3, 0.4) is 0 Å². The first-order valence-corrected chi connectivity index (χ1v) is 11.0. The molecule has 2 aromatic heterocycles. The number of ketones is 1. The highest BCUT2D eigenvalue weighted by Gasteiger charge is 2.16. The van der Waals surface area contributed by atoms with Gasteiger partial charge in [-0.3, -0.25) is 9.78 Å². The van der Waals surface area contributed by atoms with Gasteiger partial charge in [0.15, 0.2) is 5.78 Å². The van der Waals surface area contributed by atoms with Gasteiger partial charge in [0.25, 0.3) is 0 Å². The van der Waals surface area contributed by atoms with Gasteiger partial charge in [-0.25, -0.2) is 0 Å². The first-order chi connectivity index (χ1) is 16.6. The number of fused-ring (bicyclic) bond motifs is 6. The molecular weight excluding hydrogens is 426 g/mol. The van der Waals surface area contributed by atoms with E-state index in [9.17, 15) is 4.79 Å². The summed E-state index contributed by atoms with van der Waals surface area (Å²) >= 11 is 0. The number of hydrogen-bond donors (Lipinski definition) is 0. The summed E-state index contributed by atoms with van der Waals surface area (Å²) in [6.45, 7) is 1.56. The molecular formula is C29H21NO4. The minimum atomic E-state index is 0.0199. The summed E-state index contributed by atoms with van der Waals surface area (Å²) in [4.78, 5) is 16.5. The molecule has 166 valence electrons. The van der Waals surface area contributed by atoms with Gasteiger partial charge in [-0.15, -0.1) is 0 Å². The number of aromatic nitrogens is 1. The van der Waals surface area contributed by atoms with E-state index in [1.807, 2.05) is 48.7 Å². The molecule has 0 atom stereocenters. The maximum absolute atomic E-state index is 11.8. The van der Waals surface area contributed by atoms with Crippen molar-refractivity contribution < 1.29 is 18.7 Å². The van der Waals surface area contributed by atoms with Gasteiger partial charge in [-0.2, -0.15) is 0 Å². The van der Waals surface area contributed by atoms with Gasteiger partial charge in [0.1, 0.15) is 22.7 Å². The van der Waals surface area contributed by atoms with Crippen LogP contribution in [0, 0.1) is 0 Å². The highest BCUT2D eigenvalue weighted by Crippen LogP contribution is 2.40. The number of nitrogens with zero attached hydrogens (tertiary/aromatic N) is 1. The summed E-state index contributed by atoms with van der Waals surface area (Å²) in [5.41, 5.74) is 3.84. The maximum Gasteiger partial charge on any atom is 0.159 e. The molecule has 0 aliphatic carbocycles. The van der Waals surface area contributed by atoms with Crippen molar-refractivity contribution in [3.63, 3.8) is 0 Å². The summed E-state index contributed by atoms with van der Waals surface area (Å²) in [5.74, 6) is 1.49. The maximum atomic E-state index is 11.8. The van der Waals surface area contributed by atoms with E-state index >= 15 is 0 Å². The normalized spacial score (nSPS) is 11.5. The van der Waals surface area contributed by atoms with E-state index < -0.39 is 0 Å². The Bertz CT molecular complexity index is 1760. The molecule has 0 fully saturated rings. The third-order valence-corrected chi connectivity index (χ3v) is 6.42. The van der Waals surface area contributed by atoms with E-state index in [1.54, 1.807) is 21.1 Å². The van der Waals surface area contributed by atoms with Crippen molar-refractivity contribution in [2.75, 3.05) is 14.2 Å². The predicted octanol–water partition coefficient (Wildman–Crippen LogP) is 7.17. The van der Waals surface area contributed by atoms with E-state index in [4.69, 9.17) is 18.9 Å². The number of furan rings is 1. The molecule has 4 aromatic carbocycles. The van der Waals surface area contributed by atoms with Gasteiger partial charge < -0.3 is 13.9 Å². The molecule has 0 unspecified atom stereocenters. The number of benzene rings is 4. The van der Waals surface area contributed by atoms with Gasteiger partial charge in [-0.1, -0.05) is 18.2 Å². The zero-order valence-electron chi connectivity index (χ0n) is 19.0. The van der Waals surface area contributed by atoms with Gasteiger partial charge in [0, 0.05) is 33.5 Å². The minimum Gasteiger partial charge on any atom is -0.497 e. The molecule has 5 heteroatoms. The number of ether oxygens (including phenoxy) is 2. The van der Waals surface area contributed by atoms with Crippen LogP contribution in [0.25, 0.3) is 54.7 Å². The quantitative estimate of drug-likeness (QED) is 0.212. The Labute approximate surface area is 195 Å². The summed E-state index contributed by atoms with van der Waals surface area (Å²) in [5, 5.41) is 6.28. The molecule has 0 amide bonds. The molecule has 0 saturated carbocycles. The molecule has 6 rings (SSSR count). The van der Waals surface area contributed by atoms with Crippen LogP contribution in [-0.4, -0.2) is 25.0 Å². The zero-order chi connectivity index (χ0) is 23.4. The van der Waals surface area contributed by atoms with E-state index in [1.165, 1.54) is 0 Å². The molecule has 0 N–H and O–H groups in total. The smallest absolute Gasteiger partial charge is 0.159 e. The van der Waals surface area contributed by atoms with Crippen LogP contribution in [0.2, 0.25) is 0 Å². The Morgan fingerprint density at radius 2 is 1.59 bits per heavy atom. The molecule has 2 heterocycles. The highest BCUT2D eigenvalue weighted by atomic mass is 16.5. The Morgan fingerprint density at radius 1 is 0.765 bits per heavy atom. The molecule has 0 aliphatic rings. The van der Waals surface area contributed by atoms with Crippen LogP contribution in [0.5, 0.6) is 11.5 Å². The average Bonchev–Trinajstić information content (AvgIpc) is 3.23. The lowest BCUT2D eigenvalue weighted by molar-refractivity contribution is 0.101. The van der Waals surface area contributed by atoms with Gasteiger partial charge in [0.2, 0.25) is 0 Å². The molecule has 0 saturated heterocycles. The first kappa shape index (κ1) is 20.2. The molecule has 0 spiro atoms. The Kier molecular flexibility index (Phi) is 4.52. The fourth-order valence-electron chi connectivity index (χ4n) is 4.69. The lowest BCUT2D eigenvalue weighted by Gasteiger charge is -2.13. The molecule has 5 nitrogen and oxygen atoms in total. The van der Waals surface area contributed by atoms with E-state index in [2.05, 4.69) is 24.3 Å². The van der Waals surface area contributed by atoms with Crippen molar-refractivity contribution in [1.82, 2.24) is 4.98 Å². The number of Topliss-reactive ketones (excluding diaryl/α,β-unsaturated/α-hetero) is 1. The monoisotopic (exact) mass is 447 g/mol. The van der Waals surface area contributed by atoms with E-state index in [-0.39, 0.29) is 5.78 Å². The second kappa shape index (κ2) is 7.59. The molecule has 34 heavy (non-hydrogen) atoms. The zero-order valence-corrected chi connectivity index (χ0v) is 19.0. The van der Waals surface area contributed by atoms with Crippen LogP contribution < -0.4 is 9.47 Å².